The van der Waals surface area contributed by atoms with E-state index in [-0.39, 0.29) is 18.6 Å². The topological polar surface area (TPSA) is 77.7 Å². The van der Waals surface area contributed by atoms with E-state index in [2.05, 4.69) is 10.1 Å². The van der Waals surface area contributed by atoms with Crippen LogP contribution in [-0.4, -0.2) is 40.8 Å². The molecule has 0 saturated carbocycles. The number of carbonyl (C=O) groups is 1. The first-order valence-corrected chi connectivity index (χ1v) is 8.65. The minimum Gasteiger partial charge on any atom is -0.454 e. The van der Waals surface area contributed by atoms with Crippen LogP contribution < -0.4 is 9.47 Å². The molecule has 1 amide bonds. The van der Waals surface area contributed by atoms with Gasteiger partial charge in [-0.3, -0.25) is 4.79 Å². The number of aryl methyl sites for hydroxylation is 2. The van der Waals surface area contributed by atoms with Gasteiger partial charge in [-0.15, -0.1) is 0 Å². The Bertz CT molecular complexity index is 773. The molecule has 1 fully saturated rings. The summed E-state index contributed by atoms with van der Waals surface area (Å²) >= 11 is 0. The standard InChI is InChI=1S/C18H21N3O4/c1-12-19-18(20-25-12)14-3-2-8-21(10-14)17(22)7-5-13-4-6-15-16(9-13)24-11-23-15/h4,6,9,14H,2-3,5,7-8,10-11H2,1H3/t14-/m1/s1. The minimum atomic E-state index is 0.167. The summed E-state index contributed by atoms with van der Waals surface area (Å²) in [6.07, 6.45) is 3.13. The number of nitrogens with zero attached hydrogens (tertiary/aromatic N) is 3. The quantitative estimate of drug-likeness (QED) is 0.848. The molecule has 2 aromatic rings. The second kappa shape index (κ2) is 6.74. The van der Waals surface area contributed by atoms with E-state index in [1.807, 2.05) is 23.1 Å². The zero-order valence-corrected chi connectivity index (χ0v) is 14.2. The average molecular weight is 343 g/mol. The number of rotatable bonds is 4. The van der Waals surface area contributed by atoms with Crippen molar-refractivity contribution in [3.8, 4) is 11.5 Å². The third-order valence-corrected chi connectivity index (χ3v) is 4.75. The van der Waals surface area contributed by atoms with Gasteiger partial charge >= 0.3 is 0 Å². The van der Waals surface area contributed by atoms with Crippen LogP contribution in [0.5, 0.6) is 11.5 Å². The highest BCUT2D eigenvalue weighted by molar-refractivity contribution is 5.76. The SMILES string of the molecule is Cc1nc([C@@H]2CCCN(C(=O)CCc3ccc4c(c3)OCO4)C2)no1. The van der Waals surface area contributed by atoms with Crippen LogP contribution in [0.3, 0.4) is 0 Å². The predicted molar refractivity (Wildman–Crippen MR) is 88.5 cm³/mol. The summed E-state index contributed by atoms with van der Waals surface area (Å²) in [5, 5.41) is 4.01. The Labute approximate surface area is 145 Å². The van der Waals surface area contributed by atoms with Crippen molar-refractivity contribution in [2.75, 3.05) is 19.9 Å². The molecular formula is C18H21N3O4. The zero-order valence-electron chi connectivity index (χ0n) is 14.2. The van der Waals surface area contributed by atoms with Gasteiger partial charge in [0.25, 0.3) is 0 Å². The van der Waals surface area contributed by atoms with Gasteiger partial charge in [-0.25, -0.2) is 0 Å². The summed E-state index contributed by atoms with van der Waals surface area (Å²) < 4.78 is 15.8. The average Bonchev–Trinajstić information content (AvgIpc) is 3.28. The molecule has 0 radical (unpaired) electrons. The van der Waals surface area contributed by atoms with Crippen molar-refractivity contribution in [3.05, 3.63) is 35.5 Å². The number of likely N-dealkylation sites (tertiary alicyclic amines) is 1. The van der Waals surface area contributed by atoms with Crippen LogP contribution in [0.4, 0.5) is 0 Å². The lowest BCUT2D eigenvalue weighted by atomic mass is 9.97. The van der Waals surface area contributed by atoms with E-state index in [9.17, 15) is 4.79 Å². The van der Waals surface area contributed by atoms with E-state index in [1.165, 1.54) is 0 Å². The molecule has 1 saturated heterocycles. The maximum Gasteiger partial charge on any atom is 0.231 e. The van der Waals surface area contributed by atoms with Crippen LogP contribution in [0.25, 0.3) is 0 Å². The number of fused-ring (bicyclic) bond motifs is 1. The molecule has 2 aliphatic rings. The Morgan fingerprint density at radius 1 is 1.32 bits per heavy atom. The Kier molecular flexibility index (Phi) is 4.29. The normalized spacial score (nSPS) is 19.2. The number of aromatic nitrogens is 2. The first-order valence-electron chi connectivity index (χ1n) is 8.65. The molecule has 132 valence electrons. The third kappa shape index (κ3) is 3.45. The van der Waals surface area contributed by atoms with Gasteiger partial charge in [0.15, 0.2) is 17.3 Å². The van der Waals surface area contributed by atoms with Crippen molar-refractivity contribution >= 4 is 5.91 Å². The molecule has 1 atom stereocenters. The first kappa shape index (κ1) is 15.9. The highest BCUT2D eigenvalue weighted by Crippen LogP contribution is 2.33. The number of benzene rings is 1. The fraction of sp³-hybridized carbons (Fsp3) is 0.500. The number of hydrogen-bond donors (Lipinski definition) is 0. The summed E-state index contributed by atoms with van der Waals surface area (Å²) in [6.45, 7) is 3.52. The molecule has 0 unspecified atom stereocenters. The minimum absolute atomic E-state index is 0.167. The van der Waals surface area contributed by atoms with Gasteiger partial charge in [0, 0.05) is 32.4 Å². The van der Waals surface area contributed by atoms with Gasteiger partial charge in [-0.2, -0.15) is 4.98 Å². The second-order valence-corrected chi connectivity index (χ2v) is 6.54. The molecule has 25 heavy (non-hydrogen) atoms. The summed E-state index contributed by atoms with van der Waals surface area (Å²) in [5.74, 6) is 3.15. The largest absolute Gasteiger partial charge is 0.454 e. The Hall–Kier alpha value is -2.57. The first-order chi connectivity index (χ1) is 12.2. The number of piperidine rings is 1. The highest BCUT2D eigenvalue weighted by atomic mass is 16.7. The summed E-state index contributed by atoms with van der Waals surface area (Å²) in [7, 11) is 0. The molecule has 7 heteroatoms. The Morgan fingerprint density at radius 3 is 3.04 bits per heavy atom. The molecule has 1 aromatic carbocycles. The van der Waals surface area contributed by atoms with Crippen molar-refractivity contribution in [1.29, 1.82) is 0 Å². The maximum absolute atomic E-state index is 12.6. The molecule has 1 aromatic heterocycles. The van der Waals surface area contributed by atoms with E-state index in [4.69, 9.17) is 14.0 Å². The van der Waals surface area contributed by atoms with Crippen LogP contribution in [0.1, 0.15) is 42.5 Å². The monoisotopic (exact) mass is 343 g/mol. The molecule has 0 spiro atoms. The van der Waals surface area contributed by atoms with Gasteiger partial charge in [0.2, 0.25) is 18.6 Å². The third-order valence-electron chi connectivity index (χ3n) is 4.75. The van der Waals surface area contributed by atoms with Crippen molar-refractivity contribution < 1.29 is 18.8 Å². The Morgan fingerprint density at radius 2 is 2.20 bits per heavy atom. The maximum atomic E-state index is 12.6. The summed E-state index contributed by atoms with van der Waals surface area (Å²) in [5.41, 5.74) is 1.08. The molecular weight excluding hydrogens is 322 g/mol. The van der Waals surface area contributed by atoms with Gasteiger partial charge in [0.1, 0.15) is 0 Å². The summed E-state index contributed by atoms with van der Waals surface area (Å²) in [6, 6.07) is 5.84. The van der Waals surface area contributed by atoms with Crippen molar-refractivity contribution in [3.63, 3.8) is 0 Å². The molecule has 0 bridgehead atoms. The number of ether oxygens (including phenoxy) is 2. The van der Waals surface area contributed by atoms with E-state index >= 15 is 0 Å². The summed E-state index contributed by atoms with van der Waals surface area (Å²) in [4.78, 5) is 18.8. The lowest BCUT2D eigenvalue weighted by Crippen LogP contribution is -2.39. The van der Waals surface area contributed by atoms with Gasteiger partial charge in [0.05, 0.1) is 0 Å². The van der Waals surface area contributed by atoms with Crippen molar-refractivity contribution in [2.45, 2.75) is 38.5 Å². The molecule has 0 N–H and O–H groups in total. The van der Waals surface area contributed by atoms with E-state index in [0.29, 0.717) is 31.1 Å². The van der Waals surface area contributed by atoms with E-state index in [1.54, 1.807) is 6.92 Å². The van der Waals surface area contributed by atoms with E-state index < -0.39 is 0 Å². The number of amides is 1. The van der Waals surface area contributed by atoms with Crippen molar-refractivity contribution in [1.82, 2.24) is 15.0 Å². The van der Waals surface area contributed by atoms with E-state index in [0.717, 1.165) is 36.4 Å². The molecule has 0 aliphatic carbocycles. The van der Waals surface area contributed by atoms with Crippen LogP contribution in [0.15, 0.2) is 22.7 Å². The predicted octanol–water partition coefficient (Wildman–Crippen LogP) is 2.45. The van der Waals surface area contributed by atoms with Gasteiger partial charge in [-0.05, 0) is 37.0 Å². The number of carbonyl (C=O) groups excluding carboxylic acids is 1. The fourth-order valence-corrected chi connectivity index (χ4v) is 3.40. The molecule has 4 rings (SSSR count). The van der Waals surface area contributed by atoms with Gasteiger partial charge in [-0.1, -0.05) is 11.2 Å². The Balaban J connectivity index is 1.34. The molecule has 3 heterocycles. The lowest BCUT2D eigenvalue weighted by Gasteiger charge is -2.31. The lowest BCUT2D eigenvalue weighted by molar-refractivity contribution is -0.132. The fourth-order valence-electron chi connectivity index (χ4n) is 3.40. The van der Waals surface area contributed by atoms with Crippen LogP contribution >= 0.6 is 0 Å². The molecule has 2 aliphatic heterocycles. The van der Waals surface area contributed by atoms with Crippen LogP contribution in [0, 0.1) is 6.92 Å². The number of hydrogen-bond acceptors (Lipinski definition) is 6. The smallest absolute Gasteiger partial charge is 0.231 e. The van der Waals surface area contributed by atoms with Crippen LogP contribution in [0.2, 0.25) is 0 Å². The zero-order chi connectivity index (χ0) is 17.2. The molecule has 7 nitrogen and oxygen atoms in total. The highest BCUT2D eigenvalue weighted by Gasteiger charge is 2.27. The second-order valence-electron chi connectivity index (χ2n) is 6.54. The van der Waals surface area contributed by atoms with Crippen LogP contribution in [-0.2, 0) is 11.2 Å². The van der Waals surface area contributed by atoms with Crippen molar-refractivity contribution in [2.24, 2.45) is 0 Å². The van der Waals surface area contributed by atoms with Gasteiger partial charge < -0.3 is 18.9 Å².